The van der Waals surface area contributed by atoms with Gasteiger partial charge in [-0.3, -0.25) is 9.78 Å². The summed E-state index contributed by atoms with van der Waals surface area (Å²) in [5, 5.41) is 3.21. The van der Waals surface area contributed by atoms with Crippen LogP contribution < -0.4 is 5.32 Å². The van der Waals surface area contributed by atoms with Crippen molar-refractivity contribution in [1.29, 1.82) is 0 Å². The molecule has 1 amide bonds. The largest absolute Gasteiger partial charge is 0.353 e. The Morgan fingerprint density at radius 1 is 1.42 bits per heavy atom. The fourth-order valence-electron chi connectivity index (χ4n) is 2.87. The van der Waals surface area contributed by atoms with E-state index in [4.69, 9.17) is 0 Å². The lowest BCUT2D eigenvalue weighted by atomic mass is 9.78. The van der Waals surface area contributed by atoms with Crippen LogP contribution in [-0.4, -0.2) is 16.9 Å². The summed E-state index contributed by atoms with van der Waals surface area (Å²) in [5.74, 6) is 1.49. The van der Waals surface area contributed by atoms with E-state index in [1.54, 1.807) is 6.20 Å². The van der Waals surface area contributed by atoms with Crippen LogP contribution >= 0.6 is 0 Å². The van der Waals surface area contributed by atoms with Gasteiger partial charge in [-0.1, -0.05) is 32.8 Å². The van der Waals surface area contributed by atoms with Crippen LogP contribution in [0.3, 0.4) is 0 Å². The lowest BCUT2D eigenvalue weighted by molar-refractivity contribution is -0.122. The highest BCUT2D eigenvalue weighted by atomic mass is 16.1. The van der Waals surface area contributed by atoms with Crippen LogP contribution in [0.2, 0.25) is 0 Å². The Labute approximate surface area is 115 Å². The first-order chi connectivity index (χ1) is 9.16. The number of aryl methyl sites for hydroxylation is 1. The molecule has 1 N–H and O–H groups in total. The van der Waals surface area contributed by atoms with Crippen molar-refractivity contribution in [3.63, 3.8) is 0 Å². The van der Waals surface area contributed by atoms with Crippen LogP contribution in [-0.2, 0) is 11.2 Å². The van der Waals surface area contributed by atoms with Gasteiger partial charge in [0.1, 0.15) is 0 Å². The highest BCUT2D eigenvalue weighted by molar-refractivity contribution is 5.76. The molecule has 2 rings (SSSR count). The Morgan fingerprint density at radius 2 is 2.26 bits per heavy atom. The summed E-state index contributed by atoms with van der Waals surface area (Å²) in [7, 11) is 0. The molecule has 0 radical (unpaired) electrons. The van der Waals surface area contributed by atoms with E-state index in [0.29, 0.717) is 18.4 Å². The fraction of sp³-hybridized carbons (Fsp3) is 0.625. The van der Waals surface area contributed by atoms with Crippen molar-refractivity contribution in [2.45, 2.75) is 52.0 Å². The van der Waals surface area contributed by atoms with Crippen LogP contribution in [0.15, 0.2) is 24.5 Å². The molecule has 0 aromatic carbocycles. The third-order valence-electron chi connectivity index (χ3n) is 4.42. The molecule has 0 saturated heterocycles. The minimum absolute atomic E-state index is 0.176. The van der Waals surface area contributed by atoms with Crippen LogP contribution in [0.5, 0.6) is 0 Å². The molecule has 1 saturated carbocycles. The molecular weight excluding hydrogens is 236 g/mol. The van der Waals surface area contributed by atoms with Crippen LogP contribution in [0.25, 0.3) is 0 Å². The van der Waals surface area contributed by atoms with Crippen molar-refractivity contribution in [3.05, 3.63) is 30.1 Å². The fourth-order valence-corrected chi connectivity index (χ4v) is 2.87. The highest BCUT2D eigenvalue weighted by Crippen LogP contribution is 2.29. The van der Waals surface area contributed by atoms with Crippen molar-refractivity contribution in [2.24, 2.45) is 11.8 Å². The summed E-state index contributed by atoms with van der Waals surface area (Å²) in [5.41, 5.74) is 1.13. The van der Waals surface area contributed by atoms with Gasteiger partial charge >= 0.3 is 0 Å². The molecule has 1 aliphatic rings. The maximum atomic E-state index is 12.0. The molecule has 0 bridgehead atoms. The molecule has 1 aromatic heterocycles. The molecule has 19 heavy (non-hydrogen) atoms. The van der Waals surface area contributed by atoms with Crippen molar-refractivity contribution in [1.82, 2.24) is 10.3 Å². The minimum Gasteiger partial charge on any atom is -0.353 e. The van der Waals surface area contributed by atoms with Gasteiger partial charge in [0.2, 0.25) is 5.91 Å². The average molecular weight is 260 g/mol. The number of carbonyl (C=O) groups excluding carboxylic acids is 1. The van der Waals surface area contributed by atoms with Gasteiger partial charge in [0, 0.05) is 24.9 Å². The number of hydrogen-bond acceptors (Lipinski definition) is 2. The first kappa shape index (κ1) is 14.0. The number of nitrogens with zero attached hydrogens (tertiary/aromatic N) is 1. The number of nitrogens with one attached hydrogen (secondary N) is 1. The van der Waals surface area contributed by atoms with E-state index < -0.39 is 0 Å². The summed E-state index contributed by atoms with van der Waals surface area (Å²) in [4.78, 5) is 16.1. The van der Waals surface area contributed by atoms with Crippen LogP contribution in [0, 0.1) is 11.8 Å². The number of pyridine rings is 1. The molecule has 3 atom stereocenters. The second-order valence-corrected chi connectivity index (χ2v) is 5.80. The second kappa shape index (κ2) is 6.69. The van der Waals surface area contributed by atoms with Gasteiger partial charge < -0.3 is 5.32 Å². The van der Waals surface area contributed by atoms with Gasteiger partial charge in [0.25, 0.3) is 0 Å². The van der Waals surface area contributed by atoms with Gasteiger partial charge in [0.15, 0.2) is 0 Å². The van der Waals surface area contributed by atoms with Gasteiger partial charge in [-0.15, -0.1) is 0 Å². The van der Waals surface area contributed by atoms with E-state index >= 15 is 0 Å². The number of hydrogen-bond donors (Lipinski definition) is 1. The Bertz CT molecular complexity index is 404. The van der Waals surface area contributed by atoms with E-state index in [9.17, 15) is 4.79 Å². The van der Waals surface area contributed by atoms with Gasteiger partial charge in [-0.25, -0.2) is 0 Å². The zero-order valence-electron chi connectivity index (χ0n) is 11.9. The molecular formula is C16H24N2O. The summed E-state index contributed by atoms with van der Waals surface area (Å²) < 4.78 is 0. The maximum Gasteiger partial charge on any atom is 0.220 e. The predicted octanol–water partition coefficient (Wildman–Crippen LogP) is 2.96. The molecule has 1 aromatic rings. The van der Waals surface area contributed by atoms with Crippen LogP contribution in [0.1, 0.15) is 45.1 Å². The Hall–Kier alpha value is -1.38. The lowest BCUT2D eigenvalue weighted by Gasteiger charge is -2.34. The smallest absolute Gasteiger partial charge is 0.220 e. The zero-order chi connectivity index (χ0) is 13.7. The van der Waals surface area contributed by atoms with Crippen LogP contribution in [0.4, 0.5) is 0 Å². The predicted molar refractivity (Wildman–Crippen MR) is 76.7 cm³/mol. The monoisotopic (exact) mass is 260 g/mol. The Morgan fingerprint density at radius 3 is 3.00 bits per heavy atom. The zero-order valence-corrected chi connectivity index (χ0v) is 11.9. The van der Waals surface area contributed by atoms with Gasteiger partial charge in [0.05, 0.1) is 0 Å². The second-order valence-electron chi connectivity index (χ2n) is 5.80. The first-order valence-electron chi connectivity index (χ1n) is 7.35. The van der Waals surface area contributed by atoms with Gasteiger partial charge in [-0.05, 0) is 36.3 Å². The lowest BCUT2D eigenvalue weighted by Crippen LogP contribution is -2.43. The molecule has 1 aliphatic carbocycles. The number of amides is 1. The quantitative estimate of drug-likeness (QED) is 0.904. The van der Waals surface area contributed by atoms with E-state index in [1.807, 2.05) is 18.3 Å². The molecule has 3 nitrogen and oxygen atoms in total. The van der Waals surface area contributed by atoms with E-state index in [1.165, 1.54) is 12.8 Å². The molecule has 104 valence electrons. The summed E-state index contributed by atoms with van der Waals surface area (Å²) >= 11 is 0. The van der Waals surface area contributed by atoms with E-state index in [0.717, 1.165) is 24.3 Å². The highest BCUT2D eigenvalue weighted by Gasteiger charge is 2.27. The maximum absolute atomic E-state index is 12.0. The van der Waals surface area contributed by atoms with Crippen molar-refractivity contribution in [2.75, 3.05) is 0 Å². The summed E-state index contributed by atoms with van der Waals surface area (Å²) in [6, 6.07) is 4.30. The third-order valence-corrected chi connectivity index (χ3v) is 4.42. The third kappa shape index (κ3) is 4.05. The average Bonchev–Trinajstić information content (AvgIpc) is 2.43. The SMILES string of the molecule is CC1CCCC(NC(=O)CCc2cccnc2)C1C. The Kier molecular flexibility index (Phi) is 4.94. The first-order valence-corrected chi connectivity index (χ1v) is 7.35. The number of carbonyl (C=O) groups is 1. The van der Waals surface area contributed by atoms with Gasteiger partial charge in [-0.2, -0.15) is 0 Å². The summed E-state index contributed by atoms with van der Waals surface area (Å²) in [6.07, 6.45) is 8.58. The molecule has 1 heterocycles. The topological polar surface area (TPSA) is 42.0 Å². The number of aromatic nitrogens is 1. The molecule has 3 heteroatoms. The van der Waals surface area contributed by atoms with Crippen molar-refractivity contribution in [3.8, 4) is 0 Å². The van der Waals surface area contributed by atoms with Crippen molar-refractivity contribution >= 4 is 5.91 Å². The van der Waals surface area contributed by atoms with Crippen molar-refractivity contribution < 1.29 is 4.79 Å². The standard InChI is InChI=1S/C16H24N2O/c1-12-5-3-7-15(13(12)2)18-16(19)9-8-14-6-4-10-17-11-14/h4,6,10-13,15H,3,5,7-9H2,1-2H3,(H,18,19). The molecule has 3 unspecified atom stereocenters. The molecule has 0 aliphatic heterocycles. The molecule has 0 spiro atoms. The Balaban J connectivity index is 1.78. The normalized spacial score (nSPS) is 26.9. The minimum atomic E-state index is 0.176. The van der Waals surface area contributed by atoms with E-state index in [2.05, 4.69) is 24.1 Å². The van der Waals surface area contributed by atoms with E-state index in [-0.39, 0.29) is 5.91 Å². The summed E-state index contributed by atoms with van der Waals surface area (Å²) in [6.45, 7) is 4.55. The molecule has 1 fully saturated rings. The number of rotatable bonds is 4.